The lowest BCUT2D eigenvalue weighted by Crippen LogP contribution is -2.41. The molecule has 1 aliphatic rings. The fourth-order valence-electron chi connectivity index (χ4n) is 2.13. The fraction of sp³-hybridized carbons (Fsp3) is 0.615. The number of hydrogen-bond acceptors (Lipinski definition) is 2. The molecule has 96 valence electrons. The molecule has 2 heterocycles. The highest BCUT2D eigenvalue weighted by molar-refractivity contribution is 6.62. The maximum atomic E-state index is 7.19. The number of rotatable bonds is 1. The monoisotopic (exact) mass is 246 g/mol. The van der Waals surface area contributed by atoms with Gasteiger partial charge in [-0.05, 0) is 47.1 Å². The average Bonchev–Trinajstić information content (AvgIpc) is 2.62. The zero-order valence-corrected chi connectivity index (χ0v) is 11.8. The Bertz CT molecular complexity index is 510. The van der Waals surface area contributed by atoms with E-state index in [2.05, 4.69) is 9.83 Å². The predicted molar refractivity (Wildman–Crippen MR) is 72.2 cm³/mol. The zero-order valence-electron chi connectivity index (χ0n) is 11.8. The second-order valence-electron chi connectivity index (χ2n) is 5.84. The SMILES string of the molecule is [C-]#[N+]c1c(C)[nH]c(B2OC(C)(C)C(C)(C)O2)c1C. The van der Waals surface area contributed by atoms with E-state index in [1.54, 1.807) is 0 Å². The highest BCUT2D eigenvalue weighted by atomic mass is 16.7. The van der Waals surface area contributed by atoms with Crippen LogP contribution < -0.4 is 5.59 Å². The lowest BCUT2D eigenvalue weighted by Gasteiger charge is -2.32. The van der Waals surface area contributed by atoms with E-state index in [1.165, 1.54) is 0 Å². The molecule has 0 saturated carbocycles. The first-order valence-corrected chi connectivity index (χ1v) is 6.12. The Morgan fingerprint density at radius 2 is 1.61 bits per heavy atom. The molecule has 0 aliphatic carbocycles. The summed E-state index contributed by atoms with van der Waals surface area (Å²) in [5.74, 6) is 0. The minimum atomic E-state index is -0.427. The van der Waals surface area contributed by atoms with Crippen LogP contribution in [-0.4, -0.2) is 23.3 Å². The van der Waals surface area contributed by atoms with Crippen LogP contribution in [0.1, 0.15) is 39.0 Å². The molecule has 4 nitrogen and oxygen atoms in total. The molecule has 0 unspecified atom stereocenters. The third-order valence-electron chi connectivity index (χ3n) is 4.04. The molecule has 0 amide bonds. The van der Waals surface area contributed by atoms with Gasteiger partial charge in [-0.1, -0.05) is 0 Å². The van der Waals surface area contributed by atoms with Crippen LogP contribution >= 0.6 is 0 Å². The van der Waals surface area contributed by atoms with Crippen molar-refractivity contribution >= 4 is 18.4 Å². The molecular weight excluding hydrogens is 227 g/mol. The molecule has 0 atom stereocenters. The highest BCUT2D eigenvalue weighted by Gasteiger charge is 2.52. The standard InChI is InChI=1S/C13H19BN2O2/c1-8-10(15-7)9(2)16-11(8)14-17-12(3,4)13(5,6)18-14/h16H,1-6H3. The van der Waals surface area contributed by atoms with Gasteiger partial charge in [-0.15, -0.1) is 0 Å². The van der Waals surface area contributed by atoms with Crippen LogP contribution in [0.15, 0.2) is 0 Å². The lowest BCUT2D eigenvalue weighted by atomic mass is 9.82. The molecule has 1 aliphatic heterocycles. The third-order valence-corrected chi connectivity index (χ3v) is 4.04. The summed E-state index contributed by atoms with van der Waals surface area (Å²) in [5, 5.41) is 0. The van der Waals surface area contributed by atoms with E-state index in [-0.39, 0.29) is 11.2 Å². The van der Waals surface area contributed by atoms with E-state index in [0.717, 1.165) is 16.9 Å². The van der Waals surface area contributed by atoms with E-state index in [9.17, 15) is 0 Å². The topological polar surface area (TPSA) is 38.6 Å². The zero-order chi connectivity index (χ0) is 13.7. The molecule has 2 rings (SSSR count). The van der Waals surface area contributed by atoms with Crippen molar-refractivity contribution in [3.8, 4) is 0 Å². The van der Waals surface area contributed by atoms with E-state index >= 15 is 0 Å². The Morgan fingerprint density at radius 3 is 2.00 bits per heavy atom. The van der Waals surface area contributed by atoms with Crippen LogP contribution in [0.3, 0.4) is 0 Å². The summed E-state index contributed by atoms with van der Waals surface area (Å²) >= 11 is 0. The van der Waals surface area contributed by atoms with Crippen molar-refractivity contribution in [1.82, 2.24) is 4.98 Å². The largest absolute Gasteiger partial charge is 0.510 e. The molecule has 1 aromatic heterocycles. The summed E-state index contributed by atoms with van der Waals surface area (Å²) < 4.78 is 12.0. The van der Waals surface area contributed by atoms with Crippen LogP contribution in [0.2, 0.25) is 0 Å². The van der Waals surface area contributed by atoms with Gasteiger partial charge in [0.05, 0.1) is 17.8 Å². The summed E-state index contributed by atoms with van der Waals surface area (Å²) in [7, 11) is -0.427. The molecule has 0 spiro atoms. The van der Waals surface area contributed by atoms with E-state index in [4.69, 9.17) is 15.9 Å². The Balaban J connectivity index is 2.40. The smallest absolute Gasteiger partial charge is 0.398 e. The highest BCUT2D eigenvalue weighted by Crippen LogP contribution is 2.37. The second kappa shape index (κ2) is 3.87. The van der Waals surface area contributed by atoms with Crippen molar-refractivity contribution < 1.29 is 9.31 Å². The second-order valence-corrected chi connectivity index (χ2v) is 5.84. The maximum absolute atomic E-state index is 7.19. The molecule has 0 aromatic carbocycles. The molecule has 1 aromatic rings. The Morgan fingerprint density at radius 1 is 1.11 bits per heavy atom. The van der Waals surface area contributed by atoms with Crippen molar-refractivity contribution in [2.45, 2.75) is 52.7 Å². The van der Waals surface area contributed by atoms with Gasteiger partial charge in [0, 0.05) is 11.3 Å². The summed E-state index contributed by atoms with van der Waals surface area (Å²) in [4.78, 5) is 6.76. The van der Waals surface area contributed by atoms with Crippen LogP contribution in [-0.2, 0) is 9.31 Å². The summed E-state index contributed by atoms with van der Waals surface area (Å²) in [6.45, 7) is 19.1. The quantitative estimate of drug-likeness (QED) is 0.610. The minimum Gasteiger partial charge on any atom is -0.398 e. The average molecular weight is 246 g/mol. The molecule has 1 fully saturated rings. The predicted octanol–water partition coefficient (Wildman–Crippen LogP) is 2.48. The summed E-state index contributed by atoms with van der Waals surface area (Å²) in [6.07, 6.45) is 0. The number of nitrogens with zero attached hydrogens (tertiary/aromatic N) is 1. The molecule has 5 heteroatoms. The first kappa shape index (κ1) is 13.2. The Hall–Kier alpha value is -1.25. The molecule has 18 heavy (non-hydrogen) atoms. The van der Waals surface area contributed by atoms with Crippen molar-refractivity contribution in [3.63, 3.8) is 0 Å². The molecule has 0 radical (unpaired) electrons. The van der Waals surface area contributed by atoms with Crippen LogP contribution in [0, 0.1) is 20.4 Å². The summed E-state index contributed by atoms with van der Waals surface area (Å²) in [6, 6.07) is 0. The lowest BCUT2D eigenvalue weighted by molar-refractivity contribution is 0.00578. The van der Waals surface area contributed by atoms with Crippen molar-refractivity contribution in [3.05, 3.63) is 22.7 Å². The van der Waals surface area contributed by atoms with Crippen LogP contribution in [0.5, 0.6) is 0 Å². The number of hydrogen-bond donors (Lipinski definition) is 1. The van der Waals surface area contributed by atoms with Gasteiger partial charge in [0.15, 0.2) is 0 Å². The van der Waals surface area contributed by atoms with E-state index in [1.807, 2.05) is 41.5 Å². The third kappa shape index (κ3) is 1.77. The number of aromatic nitrogens is 1. The minimum absolute atomic E-state index is 0.360. The number of aryl methyl sites for hydroxylation is 1. The van der Waals surface area contributed by atoms with E-state index < -0.39 is 7.12 Å². The van der Waals surface area contributed by atoms with Gasteiger partial charge in [-0.3, -0.25) is 0 Å². The number of nitrogens with one attached hydrogen (secondary N) is 1. The van der Waals surface area contributed by atoms with Crippen LogP contribution in [0.25, 0.3) is 4.85 Å². The van der Waals surface area contributed by atoms with Gasteiger partial charge < -0.3 is 14.3 Å². The van der Waals surface area contributed by atoms with Gasteiger partial charge >= 0.3 is 7.12 Å². The van der Waals surface area contributed by atoms with Gasteiger partial charge in [0.2, 0.25) is 5.69 Å². The van der Waals surface area contributed by atoms with Crippen molar-refractivity contribution in [2.75, 3.05) is 0 Å². The Kier molecular flexibility index (Phi) is 2.84. The number of H-pyrrole nitrogens is 1. The van der Waals surface area contributed by atoms with E-state index in [0.29, 0.717) is 5.69 Å². The molecular formula is C13H19BN2O2. The first-order chi connectivity index (χ1) is 8.19. The van der Waals surface area contributed by atoms with Gasteiger partial charge in [-0.2, -0.15) is 0 Å². The van der Waals surface area contributed by atoms with Gasteiger partial charge in [0.1, 0.15) is 0 Å². The molecule has 0 bridgehead atoms. The molecule has 1 saturated heterocycles. The van der Waals surface area contributed by atoms with Gasteiger partial charge in [-0.25, -0.2) is 4.85 Å². The normalized spacial score (nSPS) is 21.1. The first-order valence-electron chi connectivity index (χ1n) is 6.12. The number of aromatic amines is 1. The van der Waals surface area contributed by atoms with Gasteiger partial charge in [0.25, 0.3) is 0 Å². The van der Waals surface area contributed by atoms with Crippen molar-refractivity contribution in [1.29, 1.82) is 0 Å². The Labute approximate surface area is 109 Å². The fourth-order valence-corrected chi connectivity index (χ4v) is 2.13. The maximum Gasteiger partial charge on any atom is 0.510 e. The van der Waals surface area contributed by atoms with Crippen molar-refractivity contribution in [2.24, 2.45) is 0 Å². The van der Waals surface area contributed by atoms with Crippen LogP contribution in [0.4, 0.5) is 5.69 Å². The molecule has 1 N–H and O–H groups in total. The summed E-state index contributed by atoms with van der Waals surface area (Å²) in [5.41, 5.74) is 2.59.